The maximum Gasteiger partial charge on any atom is 0.289 e. The molecule has 0 saturated carbocycles. The van der Waals surface area contributed by atoms with Gasteiger partial charge in [-0.3, -0.25) is 25.2 Å². The van der Waals surface area contributed by atoms with Crippen LogP contribution in [0.25, 0.3) is 0 Å². The highest BCUT2D eigenvalue weighted by Gasteiger charge is 2.29. The number of rotatable bonds is 5. The van der Waals surface area contributed by atoms with Gasteiger partial charge in [0.05, 0.1) is 28.3 Å². The normalized spacial score (nSPS) is 13.9. The van der Waals surface area contributed by atoms with Crippen LogP contribution in [-0.4, -0.2) is 47.8 Å². The molecule has 0 spiro atoms. The topological polar surface area (TPSA) is 101 Å². The third-order valence-corrected chi connectivity index (χ3v) is 7.03. The Labute approximate surface area is 210 Å². The molecule has 1 fully saturated rings. The average Bonchev–Trinajstić information content (AvgIpc) is 3.37. The van der Waals surface area contributed by atoms with Gasteiger partial charge in [0.15, 0.2) is 0 Å². The summed E-state index contributed by atoms with van der Waals surface area (Å²) >= 11 is 7.37. The molecular formula is C24H22ClFN4O4S. The van der Waals surface area contributed by atoms with Crippen LogP contribution < -0.4 is 15.6 Å². The lowest BCUT2D eigenvalue weighted by atomic mass is 9.97. The molecule has 35 heavy (non-hydrogen) atoms. The van der Waals surface area contributed by atoms with Crippen LogP contribution in [0, 0.1) is 5.82 Å². The lowest BCUT2D eigenvalue weighted by Crippen LogP contribution is -2.42. The van der Waals surface area contributed by atoms with Crippen LogP contribution in [-0.2, 0) is 0 Å². The van der Waals surface area contributed by atoms with Crippen LogP contribution in [0.5, 0.6) is 5.75 Å². The van der Waals surface area contributed by atoms with Gasteiger partial charge in [-0.2, -0.15) is 0 Å². The van der Waals surface area contributed by atoms with Gasteiger partial charge in [0, 0.05) is 24.4 Å². The zero-order valence-electron chi connectivity index (χ0n) is 18.7. The van der Waals surface area contributed by atoms with Gasteiger partial charge in [-0.15, -0.1) is 11.3 Å². The van der Waals surface area contributed by atoms with Crippen molar-refractivity contribution >= 4 is 40.7 Å². The van der Waals surface area contributed by atoms with Gasteiger partial charge < -0.3 is 9.64 Å². The zero-order chi connectivity index (χ0) is 24.9. The SMILES string of the molecule is COc1ccccc1C(=O)NNC(=O)c1csc(C2CCN(C(=O)c3c(F)cccc3Cl)CC2)n1. The molecule has 0 radical (unpaired) electrons. The number of piperidine rings is 1. The molecule has 1 aromatic heterocycles. The third kappa shape index (κ3) is 5.44. The number of carbonyl (C=O) groups excluding carboxylic acids is 3. The van der Waals surface area contributed by atoms with Gasteiger partial charge in [0.1, 0.15) is 17.3 Å². The number of para-hydroxylation sites is 1. The largest absolute Gasteiger partial charge is 0.496 e. The van der Waals surface area contributed by atoms with Crippen LogP contribution >= 0.6 is 22.9 Å². The molecular weight excluding hydrogens is 495 g/mol. The molecule has 1 saturated heterocycles. The van der Waals surface area contributed by atoms with Crippen LogP contribution in [0.4, 0.5) is 4.39 Å². The Morgan fingerprint density at radius 3 is 2.51 bits per heavy atom. The minimum atomic E-state index is -0.641. The number of carbonyl (C=O) groups is 3. The molecule has 0 aliphatic carbocycles. The lowest BCUT2D eigenvalue weighted by Gasteiger charge is -2.31. The van der Waals surface area contributed by atoms with E-state index in [9.17, 15) is 18.8 Å². The first-order valence-electron chi connectivity index (χ1n) is 10.8. The highest BCUT2D eigenvalue weighted by molar-refractivity contribution is 7.09. The van der Waals surface area contributed by atoms with E-state index in [1.54, 1.807) is 34.5 Å². The molecule has 3 amide bonds. The smallest absolute Gasteiger partial charge is 0.289 e. The molecule has 1 aliphatic heterocycles. The van der Waals surface area contributed by atoms with Crippen LogP contribution in [0.15, 0.2) is 47.8 Å². The Morgan fingerprint density at radius 1 is 1.09 bits per heavy atom. The summed E-state index contributed by atoms with van der Waals surface area (Å²) < 4.78 is 19.3. The summed E-state index contributed by atoms with van der Waals surface area (Å²) in [5.41, 5.74) is 5.08. The van der Waals surface area contributed by atoms with Gasteiger partial charge in [0.2, 0.25) is 0 Å². The second kappa shape index (κ2) is 10.8. The van der Waals surface area contributed by atoms with E-state index in [2.05, 4.69) is 15.8 Å². The molecule has 1 aliphatic rings. The first-order valence-corrected chi connectivity index (χ1v) is 12.1. The molecule has 2 N–H and O–H groups in total. The molecule has 8 nitrogen and oxygen atoms in total. The molecule has 182 valence electrons. The summed E-state index contributed by atoms with van der Waals surface area (Å²) in [4.78, 5) is 43.6. The third-order valence-electron chi connectivity index (χ3n) is 5.70. The summed E-state index contributed by atoms with van der Waals surface area (Å²) in [6.07, 6.45) is 1.24. The Balaban J connectivity index is 1.32. The summed E-state index contributed by atoms with van der Waals surface area (Å²) in [5.74, 6) is -1.69. The minimum absolute atomic E-state index is 0.0601. The van der Waals surface area contributed by atoms with Crippen molar-refractivity contribution in [2.75, 3.05) is 20.2 Å². The van der Waals surface area contributed by atoms with E-state index in [4.69, 9.17) is 16.3 Å². The predicted octanol–water partition coefficient (Wildman–Crippen LogP) is 4.04. The summed E-state index contributed by atoms with van der Waals surface area (Å²) in [6, 6.07) is 10.8. The van der Waals surface area contributed by atoms with Crippen molar-refractivity contribution in [2.45, 2.75) is 18.8 Å². The van der Waals surface area contributed by atoms with Gasteiger partial charge in [-0.05, 0) is 37.1 Å². The summed E-state index contributed by atoms with van der Waals surface area (Å²) in [5, 5.41) is 2.48. The number of ether oxygens (including phenoxy) is 1. The average molecular weight is 517 g/mol. The standard InChI is InChI=1S/C24H22ClFN4O4S/c1-34-19-8-3-2-5-15(19)21(31)28-29-22(32)18-13-35-23(27-18)14-9-11-30(12-10-14)24(33)20-16(25)6-4-7-17(20)26/h2-8,13-14H,9-12H2,1H3,(H,28,31)(H,29,32). The van der Waals surface area contributed by atoms with Crippen molar-refractivity contribution in [3.8, 4) is 5.75 Å². The van der Waals surface area contributed by atoms with Gasteiger partial charge >= 0.3 is 0 Å². The number of halogens is 2. The Kier molecular flexibility index (Phi) is 7.62. The number of benzene rings is 2. The number of aromatic nitrogens is 1. The van der Waals surface area contributed by atoms with E-state index >= 15 is 0 Å². The predicted molar refractivity (Wildman–Crippen MR) is 129 cm³/mol. The second-order valence-corrected chi connectivity index (χ2v) is 9.14. The van der Waals surface area contributed by atoms with Crippen molar-refractivity contribution in [1.29, 1.82) is 0 Å². The fraction of sp³-hybridized carbons (Fsp3) is 0.250. The van der Waals surface area contributed by atoms with E-state index in [0.29, 0.717) is 31.7 Å². The molecule has 4 rings (SSSR count). The van der Waals surface area contributed by atoms with Gasteiger partial charge in [-0.1, -0.05) is 29.8 Å². The number of likely N-dealkylation sites (tertiary alicyclic amines) is 1. The molecule has 2 aromatic carbocycles. The van der Waals surface area contributed by atoms with E-state index in [-0.39, 0.29) is 27.8 Å². The van der Waals surface area contributed by atoms with Crippen molar-refractivity contribution < 1.29 is 23.5 Å². The van der Waals surface area contributed by atoms with Crippen LogP contribution in [0.1, 0.15) is 55.0 Å². The highest BCUT2D eigenvalue weighted by Crippen LogP contribution is 2.32. The number of amides is 3. The zero-order valence-corrected chi connectivity index (χ0v) is 20.3. The van der Waals surface area contributed by atoms with E-state index in [1.807, 2.05) is 0 Å². The fourth-order valence-corrected chi connectivity index (χ4v) is 5.06. The summed E-state index contributed by atoms with van der Waals surface area (Å²) in [6.45, 7) is 0.842. The number of hydrogen-bond acceptors (Lipinski definition) is 6. The first kappa shape index (κ1) is 24.6. The number of nitrogens with zero attached hydrogens (tertiary/aromatic N) is 2. The molecule has 0 atom stereocenters. The van der Waals surface area contributed by atoms with Crippen molar-refractivity contribution in [2.24, 2.45) is 0 Å². The Hall–Kier alpha value is -3.50. The number of hydrazine groups is 1. The molecule has 11 heteroatoms. The monoisotopic (exact) mass is 516 g/mol. The molecule has 3 aromatic rings. The van der Waals surface area contributed by atoms with Gasteiger partial charge in [-0.25, -0.2) is 9.37 Å². The molecule has 0 bridgehead atoms. The van der Waals surface area contributed by atoms with E-state index in [1.165, 1.54) is 36.6 Å². The number of thiazole rings is 1. The first-order chi connectivity index (χ1) is 16.9. The summed E-state index contributed by atoms with van der Waals surface area (Å²) in [7, 11) is 1.46. The second-order valence-electron chi connectivity index (χ2n) is 7.84. The van der Waals surface area contributed by atoms with Crippen molar-refractivity contribution in [3.63, 3.8) is 0 Å². The lowest BCUT2D eigenvalue weighted by molar-refractivity contribution is 0.0708. The van der Waals surface area contributed by atoms with E-state index < -0.39 is 23.5 Å². The number of hydrogen-bond donors (Lipinski definition) is 2. The Morgan fingerprint density at radius 2 is 1.80 bits per heavy atom. The maximum absolute atomic E-state index is 14.1. The van der Waals surface area contributed by atoms with Crippen molar-refractivity contribution in [1.82, 2.24) is 20.7 Å². The highest BCUT2D eigenvalue weighted by atomic mass is 35.5. The minimum Gasteiger partial charge on any atom is -0.496 e. The van der Waals surface area contributed by atoms with Gasteiger partial charge in [0.25, 0.3) is 17.7 Å². The van der Waals surface area contributed by atoms with E-state index in [0.717, 1.165) is 5.01 Å². The quantitative estimate of drug-likeness (QED) is 0.498. The van der Waals surface area contributed by atoms with Crippen LogP contribution in [0.2, 0.25) is 5.02 Å². The number of methoxy groups -OCH3 is 1. The molecule has 0 unspecified atom stereocenters. The number of nitrogens with one attached hydrogen (secondary N) is 2. The van der Waals surface area contributed by atoms with Crippen molar-refractivity contribution in [3.05, 3.63) is 80.5 Å². The Bertz CT molecular complexity index is 1240. The fourth-order valence-electron chi connectivity index (χ4n) is 3.85. The van der Waals surface area contributed by atoms with Crippen LogP contribution in [0.3, 0.4) is 0 Å². The molecule has 2 heterocycles. The maximum atomic E-state index is 14.1.